The Morgan fingerprint density at radius 1 is 1.23 bits per heavy atom. The average Bonchev–Trinajstić information content (AvgIpc) is 3.34. The van der Waals surface area contributed by atoms with E-state index in [0.717, 1.165) is 47.8 Å². The molecule has 1 N–H and O–H groups in total. The highest BCUT2D eigenvalue weighted by molar-refractivity contribution is 5.78. The Morgan fingerprint density at radius 3 is 2.84 bits per heavy atom. The van der Waals surface area contributed by atoms with Gasteiger partial charge in [-0.3, -0.25) is 14.7 Å². The number of benzene rings is 1. The summed E-state index contributed by atoms with van der Waals surface area (Å²) in [7, 11) is 0. The number of nitrogens with one attached hydrogen (secondary N) is 1. The molecule has 1 fully saturated rings. The van der Waals surface area contributed by atoms with Crippen molar-refractivity contribution in [3.63, 3.8) is 0 Å². The highest BCUT2D eigenvalue weighted by Crippen LogP contribution is 2.31. The van der Waals surface area contributed by atoms with E-state index in [-0.39, 0.29) is 11.9 Å². The van der Waals surface area contributed by atoms with Gasteiger partial charge < -0.3 is 14.5 Å². The molecule has 1 saturated heterocycles. The van der Waals surface area contributed by atoms with Crippen molar-refractivity contribution >= 4 is 5.91 Å². The average molecular weight is 421 g/mol. The van der Waals surface area contributed by atoms with Crippen LogP contribution in [0, 0.1) is 6.92 Å². The number of ether oxygens (including phenoxy) is 1. The van der Waals surface area contributed by atoms with E-state index >= 15 is 0 Å². The molecule has 3 aromatic rings. The Hall–Kier alpha value is -3.19. The molecule has 0 aliphatic carbocycles. The lowest BCUT2D eigenvalue weighted by Crippen LogP contribution is -2.38. The summed E-state index contributed by atoms with van der Waals surface area (Å²) in [5, 5.41) is 3.07. The molecule has 1 aliphatic rings. The van der Waals surface area contributed by atoms with Gasteiger partial charge in [0.15, 0.2) is 0 Å². The van der Waals surface area contributed by atoms with Crippen LogP contribution in [0.1, 0.15) is 36.8 Å². The van der Waals surface area contributed by atoms with Crippen LogP contribution in [-0.2, 0) is 17.9 Å². The van der Waals surface area contributed by atoms with Gasteiger partial charge in [0.1, 0.15) is 11.5 Å². The van der Waals surface area contributed by atoms with Crippen LogP contribution in [0.5, 0.6) is 5.75 Å². The molecule has 162 valence electrons. The van der Waals surface area contributed by atoms with Gasteiger partial charge in [0, 0.05) is 44.5 Å². The van der Waals surface area contributed by atoms with Crippen LogP contribution in [0.4, 0.5) is 0 Å². The van der Waals surface area contributed by atoms with Gasteiger partial charge in [0.2, 0.25) is 11.8 Å². The Balaban J connectivity index is 1.55. The number of aromatic nitrogens is 2. The van der Waals surface area contributed by atoms with Gasteiger partial charge in [-0.15, -0.1) is 0 Å². The number of pyridine rings is 1. The molecule has 7 nitrogen and oxygen atoms in total. The highest BCUT2D eigenvalue weighted by atomic mass is 16.5. The molecule has 7 heteroatoms. The molecule has 4 rings (SSSR count). The third-order valence-electron chi connectivity index (χ3n) is 5.38. The predicted octanol–water partition coefficient (Wildman–Crippen LogP) is 3.72. The summed E-state index contributed by atoms with van der Waals surface area (Å²) >= 11 is 0. The Bertz CT molecular complexity index is 1020. The van der Waals surface area contributed by atoms with Gasteiger partial charge in [-0.1, -0.05) is 18.2 Å². The number of hydrogen-bond donors (Lipinski definition) is 1. The van der Waals surface area contributed by atoms with Crippen LogP contribution >= 0.6 is 0 Å². The second-order valence-electron chi connectivity index (χ2n) is 7.79. The summed E-state index contributed by atoms with van der Waals surface area (Å²) in [6.07, 6.45) is 5.09. The van der Waals surface area contributed by atoms with Gasteiger partial charge in [-0.05, 0) is 44.0 Å². The van der Waals surface area contributed by atoms with E-state index in [2.05, 4.69) is 21.3 Å². The first-order chi connectivity index (χ1) is 15.1. The Morgan fingerprint density at radius 2 is 2.10 bits per heavy atom. The van der Waals surface area contributed by atoms with Crippen LogP contribution in [-0.4, -0.2) is 40.0 Å². The minimum Gasteiger partial charge on any atom is -0.493 e. The maximum Gasteiger partial charge on any atom is 0.230 e. The van der Waals surface area contributed by atoms with Crippen molar-refractivity contribution in [3.05, 3.63) is 65.8 Å². The molecule has 1 atom stereocenters. The molecular weight excluding hydrogens is 392 g/mol. The quantitative estimate of drug-likeness (QED) is 0.568. The predicted molar refractivity (Wildman–Crippen MR) is 117 cm³/mol. The van der Waals surface area contributed by atoms with Crippen molar-refractivity contribution in [2.24, 2.45) is 0 Å². The third kappa shape index (κ3) is 5.30. The van der Waals surface area contributed by atoms with Crippen LogP contribution in [0.25, 0.3) is 11.5 Å². The standard InChI is InChI=1S/C24H28N4O3/c1-3-30-22-9-5-4-8-20(22)24-27-21(17(2)31-24)16-28(14-18-7-6-12-25-13-18)15-19-10-11-23(29)26-19/h4-9,12-13,19H,3,10-11,14-16H2,1-2H3,(H,26,29)/t19-/m0/s1. The van der Waals surface area contributed by atoms with Gasteiger partial charge in [-0.25, -0.2) is 4.98 Å². The Kier molecular flexibility index (Phi) is 6.62. The fourth-order valence-corrected chi connectivity index (χ4v) is 3.89. The summed E-state index contributed by atoms with van der Waals surface area (Å²) < 4.78 is 11.8. The van der Waals surface area contributed by atoms with Crippen molar-refractivity contribution < 1.29 is 13.9 Å². The van der Waals surface area contributed by atoms with Crippen LogP contribution in [0.2, 0.25) is 0 Å². The molecule has 2 aromatic heterocycles. The van der Waals surface area contributed by atoms with E-state index < -0.39 is 0 Å². The molecule has 1 aromatic carbocycles. The molecule has 3 heterocycles. The second-order valence-corrected chi connectivity index (χ2v) is 7.79. The molecule has 1 amide bonds. The number of carbonyl (C=O) groups excluding carboxylic acids is 1. The maximum atomic E-state index is 11.7. The van der Waals surface area contributed by atoms with Crippen LogP contribution in [0.15, 0.2) is 53.2 Å². The lowest BCUT2D eigenvalue weighted by Gasteiger charge is -2.24. The number of carbonyl (C=O) groups is 1. The molecular formula is C24H28N4O3. The van der Waals surface area contributed by atoms with E-state index in [0.29, 0.717) is 25.5 Å². The van der Waals surface area contributed by atoms with Crippen molar-refractivity contribution in [2.45, 2.75) is 45.8 Å². The number of aryl methyl sites for hydroxylation is 1. The highest BCUT2D eigenvalue weighted by Gasteiger charge is 2.25. The first-order valence-corrected chi connectivity index (χ1v) is 10.7. The summed E-state index contributed by atoms with van der Waals surface area (Å²) in [5.41, 5.74) is 2.85. The molecule has 0 radical (unpaired) electrons. The first-order valence-electron chi connectivity index (χ1n) is 10.7. The topological polar surface area (TPSA) is 80.5 Å². The number of amides is 1. The number of rotatable bonds is 9. The van der Waals surface area contributed by atoms with E-state index in [1.807, 2.05) is 50.4 Å². The summed E-state index contributed by atoms with van der Waals surface area (Å²) in [6.45, 7) is 6.56. The lowest BCUT2D eigenvalue weighted by atomic mass is 10.2. The third-order valence-corrected chi connectivity index (χ3v) is 5.38. The van der Waals surface area contributed by atoms with Gasteiger partial charge in [0.05, 0.1) is 17.9 Å². The maximum absolute atomic E-state index is 11.7. The first kappa shape index (κ1) is 21.1. The van der Waals surface area contributed by atoms with Crippen molar-refractivity contribution in [1.29, 1.82) is 0 Å². The molecule has 31 heavy (non-hydrogen) atoms. The normalized spacial score (nSPS) is 16.0. The fourth-order valence-electron chi connectivity index (χ4n) is 3.89. The van der Waals surface area contributed by atoms with Crippen molar-refractivity contribution in [2.75, 3.05) is 13.2 Å². The molecule has 1 aliphatic heterocycles. The number of para-hydroxylation sites is 1. The number of hydrogen-bond acceptors (Lipinski definition) is 6. The molecule has 0 spiro atoms. The minimum absolute atomic E-state index is 0.124. The monoisotopic (exact) mass is 420 g/mol. The summed E-state index contributed by atoms with van der Waals surface area (Å²) in [5.74, 6) is 2.23. The number of nitrogens with zero attached hydrogens (tertiary/aromatic N) is 3. The smallest absolute Gasteiger partial charge is 0.230 e. The van der Waals surface area contributed by atoms with Crippen molar-refractivity contribution in [3.8, 4) is 17.2 Å². The fraction of sp³-hybridized carbons (Fsp3) is 0.375. The number of oxazole rings is 1. The van der Waals surface area contributed by atoms with E-state index in [9.17, 15) is 4.79 Å². The van der Waals surface area contributed by atoms with Gasteiger partial charge in [0.25, 0.3) is 0 Å². The largest absolute Gasteiger partial charge is 0.493 e. The SMILES string of the molecule is CCOc1ccccc1-c1nc(CN(Cc2cccnc2)C[C@@H]2CCC(=O)N2)c(C)o1. The lowest BCUT2D eigenvalue weighted by molar-refractivity contribution is -0.119. The van der Waals surface area contributed by atoms with Gasteiger partial charge in [-0.2, -0.15) is 0 Å². The van der Waals surface area contributed by atoms with Gasteiger partial charge >= 0.3 is 0 Å². The Labute approximate surface area is 182 Å². The van der Waals surface area contributed by atoms with Crippen molar-refractivity contribution in [1.82, 2.24) is 20.2 Å². The molecule has 0 bridgehead atoms. The van der Waals surface area contributed by atoms with Crippen LogP contribution < -0.4 is 10.1 Å². The molecule has 0 saturated carbocycles. The zero-order valence-corrected chi connectivity index (χ0v) is 18.0. The van der Waals surface area contributed by atoms with Crippen LogP contribution in [0.3, 0.4) is 0 Å². The van der Waals surface area contributed by atoms with E-state index in [1.54, 1.807) is 6.20 Å². The zero-order chi connectivity index (χ0) is 21.6. The van der Waals surface area contributed by atoms with E-state index in [4.69, 9.17) is 14.1 Å². The van der Waals surface area contributed by atoms with E-state index in [1.165, 1.54) is 0 Å². The second kappa shape index (κ2) is 9.75. The summed E-state index contributed by atoms with van der Waals surface area (Å²) in [6, 6.07) is 11.9. The summed E-state index contributed by atoms with van der Waals surface area (Å²) in [4.78, 5) is 23.0. The minimum atomic E-state index is 0.124. The molecule has 0 unspecified atom stereocenters. The zero-order valence-electron chi connectivity index (χ0n) is 18.0.